The molecule has 204 valence electrons. The molecule has 0 bridgehead atoms. The van der Waals surface area contributed by atoms with E-state index in [0.717, 1.165) is 75.9 Å². The lowest BCUT2D eigenvalue weighted by molar-refractivity contribution is 0.1000. The van der Waals surface area contributed by atoms with Gasteiger partial charge in [-0.2, -0.15) is 0 Å². The Balaban J connectivity index is 1.29. The molecule has 2 aromatic carbocycles. The number of rotatable bonds is 7. The van der Waals surface area contributed by atoms with Gasteiger partial charge in [0.15, 0.2) is 0 Å². The molecule has 0 unspecified atom stereocenters. The third kappa shape index (κ3) is 6.60. The van der Waals surface area contributed by atoms with E-state index >= 15 is 0 Å². The van der Waals surface area contributed by atoms with Gasteiger partial charge in [0.25, 0.3) is 0 Å². The van der Waals surface area contributed by atoms with Gasteiger partial charge in [-0.1, -0.05) is 36.2 Å². The zero-order chi connectivity index (χ0) is 26.7. The predicted octanol–water partition coefficient (Wildman–Crippen LogP) is 4.50. The van der Waals surface area contributed by atoms with E-state index in [2.05, 4.69) is 46.0 Å². The fourth-order valence-electron chi connectivity index (χ4n) is 6.57. The van der Waals surface area contributed by atoms with E-state index in [1.165, 1.54) is 24.1 Å². The second-order valence-electron chi connectivity index (χ2n) is 11.8. The van der Waals surface area contributed by atoms with Crippen molar-refractivity contribution in [3.63, 3.8) is 0 Å². The molecule has 1 amide bonds. The highest BCUT2D eigenvalue weighted by Crippen LogP contribution is 2.44. The van der Waals surface area contributed by atoms with Crippen LogP contribution in [-0.4, -0.2) is 80.7 Å². The van der Waals surface area contributed by atoms with Crippen LogP contribution in [0.4, 0.5) is 5.69 Å². The summed E-state index contributed by atoms with van der Waals surface area (Å²) in [6, 6.07) is 16.7. The van der Waals surface area contributed by atoms with Crippen LogP contribution in [0.25, 0.3) is 5.57 Å². The summed E-state index contributed by atoms with van der Waals surface area (Å²) in [7, 11) is 0. The lowest BCUT2D eigenvalue weighted by Crippen LogP contribution is -2.52. The molecule has 7 heteroatoms. The highest BCUT2D eigenvalue weighted by molar-refractivity contribution is 6.30. The van der Waals surface area contributed by atoms with Crippen LogP contribution in [0.1, 0.15) is 49.0 Å². The van der Waals surface area contributed by atoms with E-state index in [-0.39, 0.29) is 5.91 Å². The van der Waals surface area contributed by atoms with Crippen molar-refractivity contribution in [2.24, 2.45) is 11.1 Å². The van der Waals surface area contributed by atoms with Crippen molar-refractivity contribution in [1.82, 2.24) is 15.1 Å². The van der Waals surface area contributed by atoms with Crippen LogP contribution in [-0.2, 0) is 0 Å². The SMILES string of the molecule is C[C@H]1CN(C[C@]2(C)CCC(c3ccc(Cl)cc3)=C(CN3CCN(c4ccc(C(N)=O)cc4)CC3)C2)CCN1. The molecular weight excluding hydrogens is 494 g/mol. The first-order chi connectivity index (χ1) is 18.3. The van der Waals surface area contributed by atoms with Crippen LogP contribution in [0.5, 0.6) is 0 Å². The minimum absolute atomic E-state index is 0.298. The van der Waals surface area contributed by atoms with Crippen LogP contribution in [0, 0.1) is 5.41 Å². The molecule has 38 heavy (non-hydrogen) atoms. The molecule has 0 aromatic heterocycles. The topological polar surface area (TPSA) is 64.8 Å². The van der Waals surface area contributed by atoms with Gasteiger partial charge >= 0.3 is 0 Å². The summed E-state index contributed by atoms with van der Waals surface area (Å²) < 4.78 is 0. The Labute approximate surface area is 232 Å². The molecule has 3 N–H and O–H groups in total. The quantitative estimate of drug-likeness (QED) is 0.546. The van der Waals surface area contributed by atoms with Gasteiger partial charge in [-0.05, 0) is 79.1 Å². The number of carbonyl (C=O) groups is 1. The van der Waals surface area contributed by atoms with Crippen molar-refractivity contribution in [2.75, 3.05) is 63.8 Å². The number of piperazine rings is 2. The normalized spacial score (nSPS) is 25.6. The number of hydrogen-bond acceptors (Lipinski definition) is 5. The molecule has 1 aliphatic carbocycles. The predicted molar refractivity (Wildman–Crippen MR) is 158 cm³/mol. The fraction of sp³-hybridized carbons (Fsp3) is 0.516. The third-order valence-electron chi connectivity index (χ3n) is 8.60. The highest BCUT2D eigenvalue weighted by atomic mass is 35.5. The average molecular weight is 536 g/mol. The molecule has 2 atom stereocenters. The molecule has 2 aliphatic heterocycles. The van der Waals surface area contributed by atoms with Gasteiger partial charge in [0.2, 0.25) is 5.91 Å². The summed E-state index contributed by atoms with van der Waals surface area (Å²) in [6.45, 7) is 14.4. The largest absolute Gasteiger partial charge is 0.369 e. The van der Waals surface area contributed by atoms with Crippen LogP contribution in [0.3, 0.4) is 0 Å². The van der Waals surface area contributed by atoms with Crippen LogP contribution in [0.2, 0.25) is 5.02 Å². The van der Waals surface area contributed by atoms with E-state index in [1.54, 1.807) is 5.57 Å². The lowest BCUT2D eigenvalue weighted by atomic mass is 9.71. The van der Waals surface area contributed by atoms with Crippen molar-refractivity contribution in [3.8, 4) is 0 Å². The number of nitrogens with two attached hydrogens (primary N) is 1. The molecule has 0 spiro atoms. The van der Waals surface area contributed by atoms with Gasteiger partial charge < -0.3 is 16.0 Å². The molecular formula is C31H42ClN5O. The Kier molecular flexibility index (Phi) is 8.44. The van der Waals surface area contributed by atoms with E-state index in [9.17, 15) is 4.79 Å². The van der Waals surface area contributed by atoms with Crippen LogP contribution >= 0.6 is 11.6 Å². The minimum atomic E-state index is -0.378. The third-order valence-corrected chi connectivity index (χ3v) is 8.85. The van der Waals surface area contributed by atoms with Crippen LogP contribution < -0.4 is 16.0 Å². The Morgan fingerprint density at radius 3 is 2.39 bits per heavy atom. The first-order valence-electron chi connectivity index (χ1n) is 14.1. The zero-order valence-corrected chi connectivity index (χ0v) is 23.6. The van der Waals surface area contributed by atoms with Crippen molar-refractivity contribution >= 4 is 28.8 Å². The lowest BCUT2D eigenvalue weighted by Gasteiger charge is -2.44. The monoisotopic (exact) mass is 535 g/mol. The number of allylic oxidation sites excluding steroid dienone is 1. The van der Waals surface area contributed by atoms with Crippen molar-refractivity contribution < 1.29 is 4.79 Å². The second kappa shape index (κ2) is 11.8. The maximum atomic E-state index is 11.4. The number of halogens is 1. The smallest absolute Gasteiger partial charge is 0.248 e. The summed E-state index contributed by atoms with van der Waals surface area (Å²) in [6.07, 6.45) is 3.50. The summed E-state index contributed by atoms with van der Waals surface area (Å²) in [5.41, 5.74) is 11.9. The first kappa shape index (κ1) is 27.2. The van der Waals surface area contributed by atoms with Gasteiger partial charge in [-0.25, -0.2) is 0 Å². The van der Waals surface area contributed by atoms with Gasteiger partial charge in [-0.15, -0.1) is 0 Å². The molecule has 2 fully saturated rings. The average Bonchev–Trinajstić information content (AvgIpc) is 2.90. The molecule has 0 saturated carbocycles. The molecule has 5 rings (SSSR count). The number of amides is 1. The fourth-order valence-corrected chi connectivity index (χ4v) is 6.69. The number of nitrogens with one attached hydrogen (secondary N) is 1. The van der Waals surface area contributed by atoms with E-state index < -0.39 is 0 Å². The van der Waals surface area contributed by atoms with Gasteiger partial charge in [0, 0.05) is 81.2 Å². The maximum Gasteiger partial charge on any atom is 0.248 e. The number of hydrogen-bond donors (Lipinski definition) is 2. The number of primary amides is 1. The number of anilines is 1. The van der Waals surface area contributed by atoms with E-state index in [4.69, 9.17) is 17.3 Å². The van der Waals surface area contributed by atoms with Crippen molar-refractivity contribution in [1.29, 1.82) is 0 Å². The van der Waals surface area contributed by atoms with Gasteiger partial charge in [-0.3, -0.25) is 14.6 Å². The molecule has 6 nitrogen and oxygen atoms in total. The summed E-state index contributed by atoms with van der Waals surface area (Å²) in [5.74, 6) is -0.378. The standard InChI is InChI=1S/C31H42ClN5O/c1-23-20-36(14-13-34-23)22-31(2)12-11-29(24-3-7-27(32)8-4-24)26(19-31)21-35-15-17-37(18-16-35)28-9-5-25(6-10-28)30(33)38/h3-10,23,34H,11-22H2,1-2H3,(H2,33,38)/t23-,31+/m0/s1. The summed E-state index contributed by atoms with van der Waals surface area (Å²) in [5, 5.41) is 4.38. The summed E-state index contributed by atoms with van der Waals surface area (Å²) in [4.78, 5) is 19.1. The highest BCUT2D eigenvalue weighted by Gasteiger charge is 2.35. The number of benzene rings is 2. The van der Waals surface area contributed by atoms with Crippen molar-refractivity contribution in [3.05, 3.63) is 70.3 Å². The van der Waals surface area contributed by atoms with E-state index in [0.29, 0.717) is 17.0 Å². The second-order valence-corrected chi connectivity index (χ2v) is 12.3. The number of carbonyl (C=O) groups excluding carboxylic acids is 1. The Hall–Kier alpha value is -2.38. The van der Waals surface area contributed by atoms with Crippen LogP contribution in [0.15, 0.2) is 54.1 Å². The summed E-state index contributed by atoms with van der Waals surface area (Å²) >= 11 is 6.23. The Bertz CT molecular complexity index is 1140. The molecule has 0 radical (unpaired) electrons. The van der Waals surface area contributed by atoms with Crippen molar-refractivity contribution in [2.45, 2.75) is 39.2 Å². The Morgan fingerprint density at radius 2 is 1.74 bits per heavy atom. The van der Waals surface area contributed by atoms with Gasteiger partial charge in [0.05, 0.1) is 0 Å². The number of nitrogens with zero attached hydrogens (tertiary/aromatic N) is 3. The minimum Gasteiger partial charge on any atom is -0.369 e. The molecule has 2 saturated heterocycles. The van der Waals surface area contributed by atoms with Gasteiger partial charge in [0.1, 0.15) is 0 Å². The zero-order valence-electron chi connectivity index (χ0n) is 22.9. The first-order valence-corrected chi connectivity index (χ1v) is 14.5. The maximum absolute atomic E-state index is 11.4. The Morgan fingerprint density at radius 1 is 1.03 bits per heavy atom. The molecule has 2 heterocycles. The molecule has 3 aliphatic rings. The molecule has 2 aromatic rings. The van der Waals surface area contributed by atoms with E-state index in [1.807, 2.05) is 36.4 Å².